The number of benzene rings is 1. The van der Waals surface area contributed by atoms with E-state index in [9.17, 15) is 10.2 Å². The lowest BCUT2D eigenvalue weighted by Gasteiger charge is -2.26. The summed E-state index contributed by atoms with van der Waals surface area (Å²) in [5.74, 6) is 0.509. The number of hydrogen-bond donors (Lipinski definition) is 2. The third-order valence-electron chi connectivity index (χ3n) is 5.13. The summed E-state index contributed by atoms with van der Waals surface area (Å²) >= 11 is 6.33. The normalized spacial score (nSPS) is 15.9. The van der Waals surface area contributed by atoms with E-state index in [0.717, 1.165) is 16.3 Å². The highest BCUT2D eigenvalue weighted by Gasteiger charge is 2.28. The first-order valence-corrected chi connectivity index (χ1v) is 9.55. The van der Waals surface area contributed by atoms with Crippen LogP contribution < -0.4 is 0 Å². The third-order valence-corrected chi connectivity index (χ3v) is 5.50. The number of nitrogens with zero attached hydrogens (tertiary/aromatic N) is 2. The maximum absolute atomic E-state index is 9.41. The van der Waals surface area contributed by atoms with Crippen LogP contribution in [0.4, 0.5) is 0 Å². The number of aliphatic hydroxyl groups excluding tert-OH is 1. The van der Waals surface area contributed by atoms with E-state index in [1.54, 1.807) is 13.8 Å². The molecule has 5 nitrogen and oxygen atoms in total. The Labute approximate surface area is 159 Å². The lowest BCUT2D eigenvalue weighted by atomic mass is 10.0. The van der Waals surface area contributed by atoms with E-state index in [1.807, 2.05) is 28.9 Å². The van der Waals surface area contributed by atoms with Crippen LogP contribution in [-0.4, -0.2) is 31.9 Å². The Kier molecular flexibility index (Phi) is 6.03. The summed E-state index contributed by atoms with van der Waals surface area (Å²) in [6.07, 6.45) is 3.31. The zero-order valence-corrected chi connectivity index (χ0v) is 16.1. The SMILES string of the molecule is CC(C)(OCc1cc(C2CCCC2)n(Cc2ccccc2Cl)n1)C(O)O. The Bertz CT molecular complexity index is 736. The molecule has 0 amide bonds. The van der Waals surface area contributed by atoms with Crippen molar-refractivity contribution in [1.29, 1.82) is 0 Å². The second-order valence-electron chi connectivity index (χ2n) is 7.56. The molecule has 2 aromatic rings. The number of rotatable bonds is 7. The Morgan fingerprint density at radius 1 is 1.27 bits per heavy atom. The summed E-state index contributed by atoms with van der Waals surface area (Å²) in [5, 5.41) is 24.3. The lowest BCUT2D eigenvalue weighted by Crippen LogP contribution is -2.38. The van der Waals surface area contributed by atoms with Gasteiger partial charge in [0, 0.05) is 16.6 Å². The number of ether oxygens (including phenoxy) is 1. The van der Waals surface area contributed by atoms with Gasteiger partial charge in [0.1, 0.15) is 5.60 Å². The first-order valence-electron chi connectivity index (χ1n) is 9.17. The molecule has 0 spiro atoms. The lowest BCUT2D eigenvalue weighted by molar-refractivity contribution is -0.197. The van der Waals surface area contributed by atoms with Crippen LogP contribution in [0.25, 0.3) is 0 Å². The van der Waals surface area contributed by atoms with Crippen molar-refractivity contribution in [3.05, 3.63) is 52.3 Å². The van der Waals surface area contributed by atoms with E-state index in [0.29, 0.717) is 12.5 Å². The van der Waals surface area contributed by atoms with Crippen LogP contribution in [0, 0.1) is 0 Å². The van der Waals surface area contributed by atoms with E-state index in [2.05, 4.69) is 6.07 Å². The summed E-state index contributed by atoms with van der Waals surface area (Å²) in [6.45, 7) is 4.16. The van der Waals surface area contributed by atoms with E-state index < -0.39 is 11.9 Å². The van der Waals surface area contributed by atoms with Crippen LogP contribution in [0.5, 0.6) is 0 Å². The van der Waals surface area contributed by atoms with Gasteiger partial charge in [0.05, 0.1) is 18.8 Å². The van der Waals surface area contributed by atoms with Gasteiger partial charge in [-0.2, -0.15) is 5.10 Å². The van der Waals surface area contributed by atoms with Crippen LogP contribution in [0.3, 0.4) is 0 Å². The average Bonchev–Trinajstić information content (AvgIpc) is 3.24. The fourth-order valence-corrected chi connectivity index (χ4v) is 3.55. The largest absolute Gasteiger partial charge is 0.366 e. The first kappa shape index (κ1) is 19.4. The molecule has 0 radical (unpaired) electrons. The molecule has 0 unspecified atom stereocenters. The monoisotopic (exact) mass is 378 g/mol. The minimum atomic E-state index is -1.54. The molecule has 3 rings (SSSR count). The molecule has 26 heavy (non-hydrogen) atoms. The van der Waals surface area contributed by atoms with Crippen molar-refractivity contribution in [3.63, 3.8) is 0 Å². The molecule has 0 saturated heterocycles. The second-order valence-corrected chi connectivity index (χ2v) is 7.96. The van der Waals surface area contributed by atoms with Gasteiger partial charge in [-0.3, -0.25) is 4.68 Å². The van der Waals surface area contributed by atoms with Gasteiger partial charge in [-0.1, -0.05) is 42.6 Å². The van der Waals surface area contributed by atoms with Crippen molar-refractivity contribution in [3.8, 4) is 0 Å². The van der Waals surface area contributed by atoms with E-state index >= 15 is 0 Å². The molecule has 2 N–H and O–H groups in total. The average molecular weight is 379 g/mol. The molecule has 1 saturated carbocycles. The molecule has 1 aliphatic carbocycles. The molecule has 0 bridgehead atoms. The summed E-state index contributed by atoms with van der Waals surface area (Å²) in [5.41, 5.74) is 2.01. The minimum Gasteiger partial charge on any atom is -0.366 e. The van der Waals surface area contributed by atoms with Gasteiger partial charge in [-0.15, -0.1) is 0 Å². The van der Waals surface area contributed by atoms with Gasteiger partial charge in [-0.25, -0.2) is 0 Å². The van der Waals surface area contributed by atoms with Gasteiger partial charge in [-0.05, 0) is 44.4 Å². The molecule has 1 fully saturated rings. The summed E-state index contributed by atoms with van der Waals surface area (Å²) in [7, 11) is 0. The first-order chi connectivity index (χ1) is 12.4. The Morgan fingerprint density at radius 2 is 1.96 bits per heavy atom. The maximum atomic E-state index is 9.41. The minimum absolute atomic E-state index is 0.236. The van der Waals surface area contributed by atoms with E-state index in [4.69, 9.17) is 21.4 Å². The van der Waals surface area contributed by atoms with Crippen molar-refractivity contribution in [2.45, 2.75) is 70.5 Å². The van der Waals surface area contributed by atoms with Crippen LogP contribution in [0.2, 0.25) is 5.02 Å². The van der Waals surface area contributed by atoms with Crippen molar-refractivity contribution < 1.29 is 14.9 Å². The zero-order valence-electron chi connectivity index (χ0n) is 15.4. The maximum Gasteiger partial charge on any atom is 0.180 e. The van der Waals surface area contributed by atoms with Gasteiger partial charge in [0.25, 0.3) is 0 Å². The van der Waals surface area contributed by atoms with Crippen molar-refractivity contribution >= 4 is 11.6 Å². The molecule has 0 atom stereocenters. The highest BCUT2D eigenvalue weighted by Crippen LogP contribution is 2.35. The van der Waals surface area contributed by atoms with Crippen molar-refractivity contribution in [1.82, 2.24) is 9.78 Å². The number of halogens is 1. The van der Waals surface area contributed by atoms with E-state index in [1.165, 1.54) is 31.4 Å². The topological polar surface area (TPSA) is 67.5 Å². The Morgan fingerprint density at radius 3 is 2.62 bits per heavy atom. The van der Waals surface area contributed by atoms with Gasteiger partial charge in [0.2, 0.25) is 0 Å². The highest BCUT2D eigenvalue weighted by molar-refractivity contribution is 6.31. The molecule has 1 heterocycles. The Hall–Kier alpha value is -1.40. The molecular weight excluding hydrogens is 352 g/mol. The van der Waals surface area contributed by atoms with Crippen LogP contribution in [0.15, 0.2) is 30.3 Å². The van der Waals surface area contributed by atoms with E-state index in [-0.39, 0.29) is 6.61 Å². The summed E-state index contributed by atoms with van der Waals surface area (Å²) < 4.78 is 7.71. The molecule has 0 aliphatic heterocycles. The smallest absolute Gasteiger partial charge is 0.180 e. The number of aromatic nitrogens is 2. The standard InChI is InChI=1S/C20H27ClN2O3/c1-20(2,19(24)25)26-13-16-11-18(14-7-3-4-8-14)23(22-16)12-15-9-5-6-10-17(15)21/h5-6,9-11,14,19,24-25H,3-4,7-8,12-13H2,1-2H3. The van der Waals surface area contributed by atoms with Crippen LogP contribution in [0.1, 0.15) is 62.4 Å². The highest BCUT2D eigenvalue weighted by atomic mass is 35.5. The van der Waals surface area contributed by atoms with Crippen LogP contribution >= 0.6 is 11.6 Å². The number of aliphatic hydroxyl groups is 2. The predicted octanol–water partition coefficient (Wildman–Crippen LogP) is 3.85. The van der Waals surface area contributed by atoms with Crippen molar-refractivity contribution in [2.75, 3.05) is 0 Å². The molecule has 142 valence electrons. The number of hydrogen-bond acceptors (Lipinski definition) is 4. The fraction of sp³-hybridized carbons (Fsp3) is 0.550. The summed E-state index contributed by atoms with van der Waals surface area (Å²) in [6, 6.07) is 9.91. The second kappa shape index (κ2) is 8.09. The molecule has 1 aliphatic rings. The molecule has 1 aromatic carbocycles. The molecule has 6 heteroatoms. The molecule has 1 aromatic heterocycles. The van der Waals surface area contributed by atoms with Gasteiger partial charge < -0.3 is 14.9 Å². The quantitative estimate of drug-likeness (QED) is 0.718. The fourth-order valence-electron chi connectivity index (χ4n) is 3.36. The third kappa shape index (κ3) is 4.46. The Balaban J connectivity index is 1.82. The van der Waals surface area contributed by atoms with Crippen LogP contribution in [-0.2, 0) is 17.9 Å². The van der Waals surface area contributed by atoms with Gasteiger partial charge in [0.15, 0.2) is 6.29 Å². The summed E-state index contributed by atoms with van der Waals surface area (Å²) in [4.78, 5) is 0. The molecular formula is C20H27ClN2O3. The predicted molar refractivity (Wildman–Crippen MR) is 101 cm³/mol. The van der Waals surface area contributed by atoms with Crippen molar-refractivity contribution in [2.24, 2.45) is 0 Å². The zero-order chi connectivity index (χ0) is 18.7. The van der Waals surface area contributed by atoms with Gasteiger partial charge >= 0.3 is 0 Å².